The van der Waals surface area contributed by atoms with E-state index in [2.05, 4.69) is 15.0 Å². The summed E-state index contributed by atoms with van der Waals surface area (Å²) in [5, 5.41) is 3.14. The van der Waals surface area contributed by atoms with Gasteiger partial charge in [-0.25, -0.2) is 13.4 Å². The van der Waals surface area contributed by atoms with E-state index in [0.29, 0.717) is 22.3 Å². The standard InChI is InChI=1S/C21H23N3O3S2/c1-14(25)22-21-23-19-12-9-17(13-20(19)28-21)24-29(26,27)18-10-7-16(8-11-18)15-5-3-2-4-6-15/h7-13,15,24H,2-6H2,1H3,(H,22,23,25). The van der Waals surface area contributed by atoms with Crippen molar-refractivity contribution < 1.29 is 13.2 Å². The third-order valence-electron chi connectivity index (χ3n) is 5.19. The fourth-order valence-corrected chi connectivity index (χ4v) is 5.76. The summed E-state index contributed by atoms with van der Waals surface area (Å²) in [6.45, 7) is 1.42. The molecule has 0 unspecified atom stereocenters. The Balaban J connectivity index is 1.52. The number of rotatable bonds is 5. The molecule has 2 N–H and O–H groups in total. The lowest BCUT2D eigenvalue weighted by molar-refractivity contribution is -0.114. The highest BCUT2D eigenvalue weighted by molar-refractivity contribution is 7.92. The van der Waals surface area contributed by atoms with E-state index in [0.717, 1.165) is 4.70 Å². The van der Waals surface area contributed by atoms with Gasteiger partial charge in [0.2, 0.25) is 5.91 Å². The zero-order chi connectivity index (χ0) is 20.4. The fraction of sp³-hybridized carbons (Fsp3) is 0.333. The average molecular weight is 430 g/mol. The van der Waals surface area contributed by atoms with Crippen LogP contribution in [0.15, 0.2) is 47.4 Å². The Bertz CT molecular complexity index is 1130. The van der Waals surface area contributed by atoms with Crippen LogP contribution in [0.4, 0.5) is 10.8 Å². The van der Waals surface area contributed by atoms with Crippen molar-refractivity contribution in [2.45, 2.75) is 49.8 Å². The molecule has 0 atom stereocenters. The summed E-state index contributed by atoms with van der Waals surface area (Å²) in [6, 6.07) is 12.4. The average Bonchev–Trinajstić information content (AvgIpc) is 3.09. The second kappa shape index (κ2) is 8.12. The molecule has 1 saturated carbocycles. The maximum atomic E-state index is 12.8. The second-order valence-corrected chi connectivity index (χ2v) is 10.1. The van der Waals surface area contributed by atoms with Crippen LogP contribution < -0.4 is 10.0 Å². The van der Waals surface area contributed by atoms with Crippen molar-refractivity contribution in [1.82, 2.24) is 4.98 Å². The van der Waals surface area contributed by atoms with Crippen molar-refractivity contribution in [2.24, 2.45) is 0 Å². The number of benzene rings is 2. The number of hydrogen-bond donors (Lipinski definition) is 2. The minimum absolute atomic E-state index is 0.193. The molecule has 6 nitrogen and oxygen atoms in total. The van der Waals surface area contributed by atoms with E-state index in [1.54, 1.807) is 30.3 Å². The van der Waals surface area contributed by atoms with Crippen molar-refractivity contribution in [3.05, 3.63) is 48.0 Å². The van der Waals surface area contributed by atoms with E-state index in [1.807, 2.05) is 12.1 Å². The maximum absolute atomic E-state index is 12.8. The lowest BCUT2D eigenvalue weighted by Crippen LogP contribution is -2.13. The number of carbonyl (C=O) groups is 1. The molecule has 152 valence electrons. The van der Waals surface area contributed by atoms with E-state index < -0.39 is 10.0 Å². The zero-order valence-corrected chi connectivity index (χ0v) is 17.8. The molecular formula is C21H23N3O3S2. The van der Waals surface area contributed by atoms with Crippen molar-refractivity contribution >= 4 is 48.3 Å². The van der Waals surface area contributed by atoms with Crippen LogP contribution >= 0.6 is 11.3 Å². The highest BCUT2D eigenvalue weighted by Crippen LogP contribution is 2.33. The Kier molecular flexibility index (Phi) is 5.56. The van der Waals surface area contributed by atoms with Crippen LogP contribution in [0.2, 0.25) is 0 Å². The third-order valence-corrected chi connectivity index (χ3v) is 7.52. The van der Waals surface area contributed by atoms with E-state index >= 15 is 0 Å². The predicted octanol–water partition coefficient (Wildman–Crippen LogP) is 5.10. The highest BCUT2D eigenvalue weighted by atomic mass is 32.2. The molecule has 0 aliphatic heterocycles. The topological polar surface area (TPSA) is 88.2 Å². The van der Waals surface area contributed by atoms with Crippen LogP contribution in [0.3, 0.4) is 0 Å². The Morgan fingerprint density at radius 3 is 2.48 bits per heavy atom. The molecular weight excluding hydrogens is 406 g/mol. The molecule has 2 aromatic carbocycles. The number of sulfonamides is 1. The van der Waals surface area contributed by atoms with Crippen molar-refractivity contribution in [3.8, 4) is 0 Å². The van der Waals surface area contributed by atoms with E-state index in [-0.39, 0.29) is 10.8 Å². The van der Waals surface area contributed by atoms with Gasteiger partial charge < -0.3 is 5.32 Å². The van der Waals surface area contributed by atoms with Crippen LogP contribution in [0, 0.1) is 0 Å². The molecule has 3 aromatic rings. The fourth-order valence-electron chi connectivity index (χ4n) is 3.76. The number of amides is 1. The normalized spacial score (nSPS) is 15.3. The first-order valence-corrected chi connectivity index (χ1v) is 12.0. The van der Waals surface area contributed by atoms with Gasteiger partial charge in [-0.3, -0.25) is 9.52 Å². The van der Waals surface area contributed by atoms with E-state index in [4.69, 9.17) is 0 Å². The Morgan fingerprint density at radius 2 is 1.79 bits per heavy atom. The number of fused-ring (bicyclic) bond motifs is 1. The number of aromatic nitrogens is 1. The summed E-state index contributed by atoms with van der Waals surface area (Å²) < 4.78 is 29.0. The Morgan fingerprint density at radius 1 is 1.07 bits per heavy atom. The Hall–Kier alpha value is -2.45. The minimum Gasteiger partial charge on any atom is -0.302 e. The minimum atomic E-state index is -3.68. The lowest BCUT2D eigenvalue weighted by atomic mass is 9.84. The van der Waals surface area contributed by atoms with Crippen LogP contribution in [-0.2, 0) is 14.8 Å². The molecule has 0 bridgehead atoms. The molecule has 0 spiro atoms. The monoisotopic (exact) mass is 429 g/mol. The number of hydrogen-bond acceptors (Lipinski definition) is 5. The number of nitrogens with zero attached hydrogens (tertiary/aromatic N) is 1. The van der Waals surface area contributed by atoms with Gasteiger partial charge >= 0.3 is 0 Å². The van der Waals surface area contributed by atoms with Gasteiger partial charge in [-0.15, -0.1) is 0 Å². The number of carbonyl (C=O) groups excluding carboxylic acids is 1. The van der Waals surface area contributed by atoms with Crippen LogP contribution in [0.25, 0.3) is 10.2 Å². The van der Waals surface area contributed by atoms with Gasteiger partial charge in [0.15, 0.2) is 5.13 Å². The van der Waals surface area contributed by atoms with Crippen molar-refractivity contribution in [2.75, 3.05) is 10.0 Å². The van der Waals surface area contributed by atoms with Gasteiger partial charge in [0.25, 0.3) is 10.0 Å². The second-order valence-electron chi connectivity index (χ2n) is 7.39. The molecule has 1 fully saturated rings. The SMILES string of the molecule is CC(=O)Nc1nc2ccc(NS(=O)(=O)c3ccc(C4CCCCC4)cc3)cc2s1. The molecule has 8 heteroatoms. The summed E-state index contributed by atoms with van der Waals surface area (Å²) in [6.07, 6.45) is 6.15. The molecule has 1 aliphatic rings. The molecule has 0 saturated heterocycles. The van der Waals surface area contributed by atoms with Crippen molar-refractivity contribution in [3.63, 3.8) is 0 Å². The molecule has 4 rings (SSSR count). The summed E-state index contributed by atoms with van der Waals surface area (Å²) in [5.74, 6) is 0.349. The van der Waals surface area contributed by atoms with Crippen molar-refractivity contribution in [1.29, 1.82) is 0 Å². The van der Waals surface area contributed by atoms with Gasteiger partial charge in [0.1, 0.15) is 0 Å². The summed E-state index contributed by atoms with van der Waals surface area (Å²) in [7, 11) is -3.68. The van der Waals surface area contributed by atoms with Crippen LogP contribution in [0.5, 0.6) is 0 Å². The first kappa shape index (κ1) is 19.8. The predicted molar refractivity (Wildman–Crippen MR) is 117 cm³/mol. The summed E-state index contributed by atoms with van der Waals surface area (Å²) in [5.41, 5.74) is 2.39. The molecule has 0 radical (unpaired) electrons. The van der Waals surface area contributed by atoms with Crippen LogP contribution in [-0.4, -0.2) is 19.3 Å². The maximum Gasteiger partial charge on any atom is 0.261 e. The number of thiazole rings is 1. The van der Waals surface area contributed by atoms with Crippen LogP contribution in [0.1, 0.15) is 50.5 Å². The first-order chi connectivity index (χ1) is 13.9. The summed E-state index contributed by atoms with van der Waals surface area (Å²) >= 11 is 1.30. The zero-order valence-electron chi connectivity index (χ0n) is 16.1. The molecule has 29 heavy (non-hydrogen) atoms. The lowest BCUT2D eigenvalue weighted by Gasteiger charge is -2.22. The largest absolute Gasteiger partial charge is 0.302 e. The molecule has 1 amide bonds. The molecule has 1 aliphatic carbocycles. The van der Waals surface area contributed by atoms with E-state index in [1.165, 1.54) is 55.9 Å². The van der Waals surface area contributed by atoms with Gasteiger partial charge in [0.05, 0.1) is 20.8 Å². The number of anilines is 2. The quantitative estimate of drug-likeness (QED) is 0.590. The van der Waals surface area contributed by atoms with Gasteiger partial charge in [-0.05, 0) is 54.7 Å². The first-order valence-electron chi connectivity index (χ1n) is 9.72. The smallest absolute Gasteiger partial charge is 0.261 e. The Labute approximate surface area is 174 Å². The third kappa shape index (κ3) is 4.59. The number of nitrogens with one attached hydrogen (secondary N) is 2. The summed E-state index contributed by atoms with van der Waals surface area (Å²) in [4.78, 5) is 15.8. The van der Waals surface area contributed by atoms with Gasteiger partial charge in [-0.2, -0.15) is 0 Å². The molecule has 1 heterocycles. The van der Waals surface area contributed by atoms with Gasteiger partial charge in [-0.1, -0.05) is 42.7 Å². The van der Waals surface area contributed by atoms with E-state index in [9.17, 15) is 13.2 Å². The highest BCUT2D eigenvalue weighted by Gasteiger charge is 2.18. The van der Waals surface area contributed by atoms with Gasteiger partial charge in [0, 0.05) is 6.92 Å². The molecule has 1 aromatic heterocycles.